The van der Waals surface area contributed by atoms with Crippen LogP contribution in [0.3, 0.4) is 0 Å². The molecule has 0 amide bonds. The minimum atomic E-state index is -0.812. The summed E-state index contributed by atoms with van der Waals surface area (Å²) in [5, 5.41) is 0. The molecule has 1 atom stereocenters. The molecule has 65 heavy (non-hydrogen) atoms. The highest BCUT2D eigenvalue weighted by atomic mass is 16.6. The average Bonchev–Trinajstić information content (AvgIpc) is 3.30. The zero-order valence-electron chi connectivity index (χ0n) is 42.5. The van der Waals surface area contributed by atoms with Gasteiger partial charge in [0, 0.05) is 19.3 Å². The maximum Gasteiger partial charge on any atom is 0.306 e. The van der Waals surface area contributed by atoms with E-state index in [1.54, 1.807) is 0 Å². The number of hydrogen-bond donors (Lipinski definition) is 0. The fourth-order valence-electron chi connectivity index (χ4n) is 7.29. The first-order valence-electron chi connectivity index (χ1n) is 27.1. The molecular weight excluding hydrogens is 805 g/mol. The molecule has 6 heteroatoms. The van der Waals surface area contributed by atoms with Crippen molar-refractivity contribution in [2.75, 3.05) is 13.2 Å². The monoisotopic (exact) mass is 905 g/mol. The number of rotatable bonds is 48. The molecule has 0 aliphatic rings. The van der Waals surface area contributed by atoms with Gasteiger partial charge in [0.25, 0.3) is 0 Å². The van der Waals surface area contributed by atoms with Crippen molar-refractivity contribution in [3.05, 3.63) is 85.1 Å². The van der Waals surface area contributed by atoms with Crippen LogP contribution in [0.5, 0.6) is 0 Å². The summed E-state index contributed by atoms with van der Waals surface area (Å²) in [7, 11) is 0. The lowest BCUT2D eigenvalue weighted by Crippen LogP contribution is -2.30. The molecule has 0 bridgehead atoms. The highest BCUT2D eigenvalue weighted by molar-refractivity contribution is 5.71. The molecule has 0 aromatic carbocycles. The van der Waals surface area contributed by atoms with Crippen LogP contribution in [0, 0.1) is 0 Å². The molecule has 0 unspecified atom stereocenters. The van der Waals surface area contributed by atoms with E-state index in [0.717, 1.165) is 96.3 Å². The number of esters is 3. The first-order valence-corrected chi connectivity index (χ1v) is 27.1. The van der Waals surface area contributed by atoms with Crippen molar-refractivity contribution in [1.29, 1.82) is 0 Å². The van der Waals surface area contributed by atoms with Gasteiger partial charge in [-0.3, -0.25) is 14.4 Å². The number of unbranched alkanes of at least 4 members (excludes halogenated alkanes) is 23. The summed E-state index contributed by atoms with van der Waals surface area (Å²) in [5.74, 6) is -0.978. The quantitative estimate of drug-likeness (QED) is 0.0262. The topological polar surface area (TPSA) is 78.9 Å². The highest BCUT2D eigenvalue weighted by Gasteiger charge is 2.19. The molecule has 0 fully saturated rings. The SMILES string of the molecule is CC/C=C\C/C=C\C/C=C\CCCCCCCC(=O)OC[C@H](COC(=O)CCCCCCCCC/C=C\CCCCCC)OC(=O)CCC/C=C\C/C=C\C/C=C\CCCCCCCC. The number of allylic oxidation sites excluding steroid dienone is 14. The number of hydrogen-bond acceptors (Lipinski definition) is 6. The van der Waals surface area contributed by atoms with Crippen molar-refractivity contribution in [2.45, 2.75) is 258 Å². The molecule has 0 aromatic rings. The minimum Gasteiger partial charge on any atom is -0.462 e. The van der Waals surface area contributed by atoms with Crippen molar-refractivity contribution in [2.24, 2.45) is 0 Å². The van der Waals surface area contributed by atoms with Crippen molar-refractivity contribution in [1.82, 2.24) is 0 Å². The molecule has 0 rings (SSSR count). The molecule has 0 radical (unpaired) electrons. The van der Waals surface area contributed by atoms with Crippen LogP contribution in [0.1, 0.15) is 252 Å². The van der Waals surface area contributed by atoms with E-state index < -0.39 is 6.10 Å². The summed E-state index contributed by atoms with van der Waals surface area (Å²) < 4.78 is 16.8. The van der Waals surface area contributed by atoms with E-state index in [9.17, 15) is 14.4 Å². The Labute approximate surface area is 401 Å². The molecule has 372 valence electrons. The summed E-state index contributed by atoms with van der Waals surface area (Å²) in [5.41, 5.74) is 0. The van der Waals surface area contributed by atoms with Crippen LogP contribution < -0.4 is 0 Å². The van der Waals surface area contributed by atoms with Crippen LogP contribution in [0.25, 0.3) is 0 Å². The van der Waals surface area contributed by atoms with Gasteiger partial charge in [-0.25, -0.2) is 0 Å². The van der Waals surface area contributed by atoms with Gasteiger partial charge in [-0.05, 0) is 109 Å². The highest BCUT2D eigenvalue weighted by Crippen LogP contribution is 2.13. The third-order valence-electron chi connectivity index (χ3n) is 11.4. The Morgan fingerprint density at radius 3 is 1.02 bits per heavy atom. The van der Waals surface area contributed by atoms with Gasteiger partial charge < -0.3 is 14.2 Å². The number of carbonyl (C=O) groups is 3. The zero-order valence-corrected chi connectivity index (χ0v) is 42.5. The maximum atomic E-state index is 12.8. The van der Waals surface area contributed by atoms with Gasteiger partial charge in [-0.2, -0.15) is 0 Å². The molecule has 6 nitrogen and oxygen atoms in total. The van der Waals surface area contributed by atoms with Gasteiger partial charge >= 0.3 is 17.9 Å². The Balaban J connectivity index is 4.50. The summed E-state index contributed by atoms with van der Waals surface area (Å²) in [6.07, 6.45) is 68.6. The van der Waals surface area contributed by atoms with Crippen molar-refractivity contribution in [3.8, 4) is 0 Å². The number of ether oxygens (including phenoxy) is 3. The fourth-order valence-corrected chi connectivity index (χ4v) is 7.29. The molecule has 0 aromatic heterocycles. The van der Waals surface area contributed by atoms with Crippen LogP contribution >= 0.6 is 0 Å². The average molecular weight is 905 g/mol. The first kappa shape index (κ1) is 61.6. The lowest BCUT2D eigenvalue weighted by molar-refractivity contribution is -0.167. The summed E-state index contributed by atoms with van der Waals surface area (Å²) >= 11 is 0. The second-order valence-corrected chi connectivity index (χ2v) is 17.7. The van der Waals surface area contributed by atoms with Gasteiger partial charge in [0.2, 0.25) is 0 Å². The Morgan fingerprint density at radius 1 is 0.323 bits per heavy atom. The molecule has 0 N–H and O–H groups in total. The van der Waals surface area contributed by atoms with Crippen molar-refractivity contribution in [3.63, 3.8) is 0 Å². The lowest BCUT2D eigenvalue weighted by Gasteiger charge is -2.18. The second-order valence-electron chi connectivity index (χ2n) is 17.7. The summed E-state index contributed by atoms with van der Waals surface area (Å²) in [6.45, 7) is 6.45. The Bertz CT molecular complexity index is 1270. The normalized spacial score (nSPS) is 12.7. The summed E-state index contributed by atoms with van der Waals surface area (Å²) in [4.78, 5) is 38.0. The lowest BCUT2D eigenvalue weighted by atomic mass is 10.1. The van der Waals surface area contributed by atoms with E-state index in [-0.39, 0.29) is 37.5 Å². The Morgan fingerprint density at radius 2 is 0.615 bits per heavy atom. The van der Waals surface area contributed by atoms with E-state index in [4.69, 9.17) is 14.2 Å². The van der Waals surface area contributed by atoms with E-state index in [0.29, 0.717) is 19.3 Å². The molecule has 0 saturated carbocycles. The largest absolute Gasteiger partial charge is 0.462 e. The molecule has 0 aliphatic heterocycles. The zero-order chi connectivity index (χ0) is 47.2. The minimum absolute atomic E-state index is 0.105. The van der Waals surface area contributed by atoms with Crippen LogP contribution in [0.15, 0.2) is 85.1 Å². The Hall–Kier alpha value is -3.41. The van der Waals surface area contributed by atoms with Crippen LogP contribution in [-0.4, -0.2) is 37.2 Å². The number of carbonyl (C=O) groups excluding carboxylic acids is 3. The standard InChI is InChI=1S/C59H100O6/c1-4-7-10-13-16-19-22-25-28-29-32-35-38-41-44-47-50-53-59(62)65-56(54-63-57(60)51-48-45-42-39-36-33-30-26-23-20-17-14-11-8-5-2)55-64-58(61)52-49-46-43-40-37-34-31-27-24-21-18-15-12-9-6-3/h8,11,17,20-21,24-26,28,30,32,35,41,44,56H,4-7,9-10,12-16,18-19,22-23,27,29,31,33-34,36-40,42-43,45-55H2,1-3H3/b11-8-,20-17-,24-21-,28-25-,30-26-,35-32-,44-41-/t56-/m1/s1. The fraction of sp³-hybridized carbons (Fsp3) is 0.712. The molecular formula is C59H100O6. The predicted octanol–water partition coefficient (Wildman–Crippen LogP) is 18.0. The van der Waals surface area contributed by atoms with Crippen LogP contribution in [0.2, 0.25) is 0 Å². The maximum absolute atomic E-state index is 12.8. The van der Waals surface area contributed by atoms with Crippen LogP contribution in [-0.2, 0) is 28.6 Å². The summed E-state index contributed by atoms with van der Waals surface area (Å²) in [6, 6.07) is 0. The smallest absolute Gasteiger partial charge is 0.306 e. The van der Waals surface area contributed by atoms with Gasteiger partial charge in [-0.1, -0.05) is 209 Å². The molecule has 0 aliphatic carbocycles. The van der Waals surface area contributed by atoms with Gasteiger partial charge in [0.1, 0.15) is 13.2 Å². The van der Waals surface area contributed by atoms with Crippen molar-refractivity contribution >= 4 is 17.9 Å². The van der Waals surface area contributed by atoms with E-state index in [2.05, 4.69) is 106 Å². The third kappa shape index (κ3) is 51.4. The molecule has 0 spiro atoms. The van der Waals surface area contributed by atoms with Gasteiger partial charge in [-0.15, -0.1) is 0 Å². The van der Waals surface area contributed by atoms with E-state index >= 15 is 0 Å². The molecule has 0 saturated heterocycles. The first-order chi connectivity index (χ1) is 32.0. The van der Waals surface area contributed by atoms with E-state index in [1.165, 1.54) is 109 Å². The predicted molar refractivity (Wildman–Crippen MR) is 279 cm³/mol. The Kier molecular flexibility index (Phi) is 50.4. The van der Waals surface area contributed by atoms with Gasteiger partial charge in [0.05, 0.1) is 0 Å². The van der Waals surface area contributed by atoms with Crippen LogP contribution in [0.4, 0.5) is 0 Å². The van der Waals surface area contributed by atoms with Gasteiger partial charge in [0.15, 0.2) is 6.10 Å². The second kappa shape index (κ2) is 53.2. The van der Waals surface area contributed by atoms with E-state index in [1.807, 2.05) is 0 Å². The van der Waals surface area contributed by atoms with Crippen molar-refractivity contribution < 1.29 is 28.6 Å². The third-order valence-corrected chi connectivity index (χ3v) is 11.4. The molecule has 0 heterocycles.